The second-order valence-corrected chi connectivity index (χ2v) is 13.4. The number of hydrogen-bond acceptors (Lipinski definition) is 8. The Balaban J connectivity index is 2.80. The van der Waals surface area contributed by atoms with Gasteiger partial charge in [-0.15, -0.1) is 0 Å². The molecule has 0 aromatic heterocycles. The minimum absolute atomic E-state index is 0.274. The van der Waals surface area contributed by atoms with Crippen LogP contribution in [0, 0.1) is 5.41 Å². The van der Waals surface area contributed by atoms with E-state index in [4.69, 9.17) is 27.6 Å². The molecule has 0 aliphatic heterocycles. The van der Waals surface area contributed by atoms with E-state index in [0.717, 1.165) is 0 Å². The highest BCUT2D eigenvalue weighted by Crippen LogP contribution is 2.78. The predicted octanol–water partition coefficient (Wildman–Crippen LogP) is 6.22. The third-order valence-corrected chi connectivity index (χ3v) is 12.7. The summed E-state index contributed by atoms with van der Waals surface area (Å²) in [5, 5.41) is -2.42. The zero-order valence-corrected chi connectivity index (χ0v) is 22.7. The first-order chi connectivity index (χ1) is 15.5. The van der Waals surface area contributed by atoms with Gasteiger partial charge in [0.1, 0.15) is 21.8 Å². The van der Waals surface area contributed by atoms with Crippen molar-refractivity contribution in [1.29, 1.82) is 0 Å². The number of rotatable bonds is 12. The lowest BCUT2D eigenvalue weighted by Gasteiger charge is -2.57. The first-order valence-corrected chi connectivity index (χ1v) is 14.1. The zero-order chi connectivity index (χ0) is 25.0. The van der Waals surface area contributed by atoms with Crippen LogP contribution in [0.2, 0.25) is 0 Å². The second-order valence-electron chi connectivity index (χ2n) is 8.35. The summed E-state index contributed by atoms with van der Waals surface area (Å²) in [5.74, 6) is 1.33. The first kappa shape index (κ1) is 28.1. The minimum Gasteiger partial charge on any atom is -0.494 e. The topological polar surface area (TPSA) is 89.5 Å². The lowest BCUT2D eigenvalue weighted by Crippen LogP contribution is -2.57. The van der Waals surface area contributed by atoms with Gasteiger partial charge in [-0.3, -0.25) is 9.13 Å². The highest BCUT2D eigenvalue weighted by molar-refractivity contribution is 7.57. The molecule has 2 aliphatic rings. The van der Waals surface area contributed by atoms with Crippen molar-refractivity contribution in [3.8, 4) is 0 Å². The molecule has 0 aromatic rings. The van der Waals surface area contributed by atoms with Crippen molar-refractivity contribution in [2.24, 2.45) is 5.41 Å². The van der Waals surface area contributed by atoms with E-state index in [1.807, 2.05) is 39.8 Å². The van der Waals surface area contributed by atoms with Crippen LogP contribution in [-0.4, -0.2) is 52.0 Å². The Bertz CT molecular complexity index is 831. The highest BCUT2D eigenvalue weighted by Gasteiger charge is 2.70. The number of ether oxygens (including phenoxy) is 2. The van der Waals surface area contributed by atoms with Crippen LogP contribution in [0.25, 0.3) is 0 Å². The van der Waals surface area contributed by atoms with Gasteiger partial charge >= 0.3 is 15.2 Å². The summed E-state index contributed by atoms with van der Waals surface area (Å²) < 4.78 is 61.9. The van der Waals surface area contributed by atoms with E-state index in [-0.39, 0.29) is 12.8 Å². The third kappa shape index (κ3) is 4.35. The Hall–Kier alpha value is -1.14. The van der Waals surface area contributed by atoms with Crippen molar-refractivity contribution >= 4 is 15.2 Å². The molecule has 0 saturated carbocycles. The Morgan fingerprint density at radius 3 is 1.30 bits per heavy atom. The molecule has 2 rings (SSSR count). The quantitative estimate of drug-likeness (QED) is 0.289. The number of hydrogen-bond donors (Lipinski definition) is 0. The maximum Gasteiger partial charge on any atom is 0.340 e. The monoisotopic (exact) mass is 504 g/mol. The molecule has 0 spiro atoms. The molecule has 0 radical (unpaired) electrons. The van der Waals surface area contributed by atoms with Gasteiger partial charge in [-0.1, -0.05) is 26.0 Å². The van der Waals surface area contributed by atoms with E-state index in [2.05, 4.69) is 0 Å². The van der Waals surface area contributed by atoms with E-state index < -0.39 is 30.9 Å². The molecule has 0 aromatic carbocycles. The molecular formula is C23H38O8P2. The average molecular weight is 504 g/mol. The summed E-state index contributed by atoms with van der Waals surface area (Å²) >= 11 is 0. The zero-order valence-electron chi connectivity index (χ0n) is 21.0. The fraction of sp³-hybridized carbons (Fsp3) is 0.652. The molecule has 10 heteroatoms. The summed E-state index contributed by atoms with van der Waals surface area (Å²) in [4.78, 5) is 0. The van der Waals surface area contributed by atoms with Crippen molar-refractivity contribution in [2.75, 3.05) is 41.7 Å². The normalized spacial score (nSPS) is 26.1. The van der Waals surface area contributed by atoms with E-state index >= 15 is 0 Å². The maximum atomic E-state index is 14.2. The Morgan fingerprint density at radius 1 is 0.758 bits per heavy atom. The molecule has 0 amide bonds. The lowest BCUT2D eigenvalue weighted by molar-refractivity contribution is 0.131. The molecule has 0 bridgehead atoms. The van der Waals surface area contributed by atoms with Crippen LogP contribution in [0.1, 0.15) is 40.5 Å². The van der Waals surface area contributed by atoms with Gasteiger partial charge in [0, 0.05) is 33.9 Å². The van der Waals surface area contributed by atoms with Gasteiger partial charge in [-0.2, -0.15) is 0 Å². The van der Waals surface area contributed by atoms with E-state index in [1.165, 1.54) is 28.4 Å². The Kier molecular flexibility index (Phi) is 9.06. The van der Waals surface area contributed by atoms with Crippen LogP contribution in [0.4, 0.5) is 0 Å². The summed E-state index contributed by atoms with van der Waals surface area (Å²) in [6, 6.07) is 0. The largest absolute Gasteiger partial charge is 0.494 e. The predicted molar refractivity (Wildman–Crippen MR) is 129 cm³/mol. The van der Waals surface area contributed by atoms with Gasteiger partial charge in [0.2, 0.25) is 0 Å². The molecule has 2 aliphatic carbocycles. The SMILES string of the molecule is CCOC1=CCC(C(C)(C)C2(P(=O)(OC)OC)C=CC(OCC)=CC2)(P(=O)(OC)OC)C=C1. The molecule has 8 nitrogen and oxygen atoms in total. The van der Waals surface area contributed by atoms with Crippen molar-refractivity contribution in [3.05, 3.63) is 48.0 Å². The molecule has 0 N–H and O–H groups in total. The van der Waals surface area contributed by atoms with Crippen LogP contribution >= 0.6 is 15.2 Å². The molecule has 2 unspecified atom stereocenters. The van der Waals surface area contributed by atoms with Gasteiger partial charge in [-0.05, 0) is 51.0 Å². The summed E-state index contributed by atoms with van der Waals surface area (Å²) in [6.45, 7) is 8.59. The van der Waals surface area contributed by atoms with Crippen LogP contribution < -0.4 is 0 Å². The van der Waals surface area contributed by atoms with Crippen LogP contribution in [0.5, 0.6) is 0 Å². The van der Waals surface area contributed by atoms with Gasteiger partial charge in [-0.25, -0.2) is 0 Å². The fourth-order valence-electron chi connectivity index (χ4n) is 4.97. The van der Waals surface area contributed by atoms with Gasteiger partial charge < -0.3 is 27.6 Å². The van der Waals surface area contributed by atoms with E-state index in [1.54, 1.807) is 24.3 Å². The van der Waals surface area contributed by atoms with Gasteiger partial charge in [0.25, 0.3) is 0 Å². The molecular weight excluding hydrogens is 466 g/mol. The van der Waals surface area contributed by atoms with Gasteiger partial charge in [0.05, 0.1) is 13.2 Å². The second kappa shape index (κ2) is 10.6. The van der Waals surface area contributed by atoms with Crippen LogP contribution in [0.15, 0.2) is 48.0 Å². The van der Waals surface area contributed by atoms with Crippen LogP contribution in [0.3, 0.4) is 0 Å². The minimum atomic E-state index is -3.79. The molecule has 0 heterocycles. The molecule has 188 valence electrons. The summed E-state index contributed by atoms with van der Waals surface area (Å²) in [5.41, 5.74) is -1.03. The number of allylic oxidation sites excluding steroid dienone is 6. The molecule has 0 saturated heterocycles. The average Bonchev–Trinajstić information content (AvgIpc) is 2.84. The standard InChI is InChI=1S/C23H38O8P2/c1-9-30-19-11-15-22(16-12-19,32(24,26-5)27-6)21(3,4)23(33(25,28-7)29-8)17-13-20(14-18-23)31-10-2/h11-15,17H,9-10,16,18H2,1-8H3. The Morgan fingerprint density at radius 2 is 1.09 bits per heavy atom. The molecule has 33 heavy (non-hydrogen) atoms. The van der Waals surface area contributed by atoms with Crippen molar-refractivity contribution < 1.29 is 36.7 Å². The first-order valence-electron chi connectivity index (χ1n) is 11.0. The molecule has 2 atom stereocenters. The molecule has 0 fully saturated rings. The van der Waals surface area contributed by atoms with Crippen LogP contribution in [-0.2, 0) is 36.7 Å². The summed E-state index contributed by atoms with van der Waals surface area (Å²) in [6.07, 6.45) is 11.4. The lowest BCUT2D eigenvalue weighted by atomic mass is 9.63. The van der Waals surface area contributed by atoms with Crippen molar-refractivity contribution in [1.82, 2.24) is 0 Å². The maximum absolute atomic E-state index is 14.2. The van der Waals surface area contributed by atoms with E-state index in [0.29, 0.717) is 24.7 Å². The van der Waals surface area contributed by atoms with E-state index in [9.17, 15) is 9.13 Å². The highest BCUT2D eigenvalue weighted by atomic mass is 31.2. The third-order valence-electron chi connectivity index (χ3n) is 7.00. The summed E-state index contributed by atoms with van der Waals surface area (Å²) in [7, 11) is -2.13. The smallest absolute Gasteiger partial charge is 0.340 e. The fourth-order valence-corrected chi connectivity index (χ4v) is 9.57. The van der Waals surface area contributed by atoms with Gasteiger partial charge in [0.15, 0.2) is 0 Å². The van der Waals surface area contributed by atoms with Crippen molar-refractivity contribution in [2.45, 2.75) is 50.8 Å². The Labute approximate surface area is 198 Å². The van der Waals surface area contributed by atoms with Crippen molar-refractivity contribution in [3.63, 3.8) is 0 Å².